The Labute approximate surface area is 148 Å². The van der Waals surface area contributed by atoms with Crippen LogP contribution in [-0.2, 0) is 4.74 Å². The topological polar surface area (TPSA) is 184 Å². The van der Waals surface area contributed by atoms with Crippen LogP contribution in [0.4, 0.5) is 5.95 Å². The van der Waals surface area contributed by atoms with E-state index in [9.17, 15) is 15.0 Å². The number of aromatic nitrogens is 4. The molecule has 8 N–H and O–H groups in total. The lowest BCUT2D eigenvalue weighted by molar-refractivity contribution is -0.0511. The van der Waals surface area contributed by atoms with Crippen LogP contribution in [-0.4, -0.2) is 85.9 Å². The van der Waals surface area contributed by atoms with Crippen molar-refractivity contribution in [2.24, 2.45) is 0 Å². The number of aliphatic hydroxyl groups excluding tert-OH is 3. The van der Waals surface area contributed by atoms with E-state index in [1.807, 2.05) is 0 Å². The summed E-state index contributed by atoms with van der Waals surface area (Å²) in [5.41, 5.74) is 5.12. The Morgan fingerprint density at radius 3 is 2.42 bits per heavy atom. The molecule has 2 aromatic rings. The number of imidazole rings is 1. The number of nitrogens with one attached hydrogen (secondary N) is 3. The van der Waals surface area contributed by atoms with Gasteiger partial charge in [0.2, 0.25) is 5.95 Å². The van der Waals surface area contributed by atoms with E-state index in [1.165, 1.54) is 10.9 Å². The lowest BCUT2D eigenvalue weighted by atomic mass is 10.1. The number of ether oxygens (including phenoxy) is 1. The summed E-state index contributed by atoms with van der Waals surface area (Å²) in [6, 6.07) is 0. The number of nitrogens with zero attached hydrogens (tertiary/aromatic N) is 3. The summed E-state index contributed by atoms with van der Waals surface area (Å²) < 4.78 is 6.64. The minimum Gasteiger partial charge on any atom is -0.394 e. The van der Waals surface area contributed by atoms with Gasteiger partial charge in [-0.3, -0.25) is 14.3 Å². The molecular weight excluding hydrogens is 346 g/mol. The second-order valence-corrected chi connectivity index (χ2v) is 6.00. The second-order valence-electron chi connectivity index (χ2n) is 6.00. The van der Waals surface area contributed by atoms with Crippen LogP contribution < -0.4 is 21.9 Å². The smallest absolute Gasteiger partial charge is 0.280 e. The molecule has 0 radical (unpaired) electrons. The van der Waals surface area contributed by atoms with E-state index in [2.05, 4.69) is 25.6 Å². The first-order valence-electron chi connectivity index (χ1n) is 8.29. The summed E-state index contributed by atoms with van der Waals surface area (Å²) in [7, 11) is 0. The summed E-state index contributed by atoms with van der Waals surface area (Å²) in [4.78, 5) is 21.8. The molecule has 4 rings (SSSR count). The van der Waals surface area contributed by atoms with Crippen LogP contribution >= 0.6 is 0 Å². The maximum Gasteiger partial charge on any atom is 0.280 e. The Kier molecular flexibility index (Phi) is 5.80. The van der Waals surface area contributed by atoms with Gasteiger partial charge in [-0.15, -0.1) is 0 Å². The number of rotatable bonds is 2. The van der Waals surface area contributed by atoms with Gasteiger partial charge < -0.3 is 36.4 Å². The second kappa shape index (κ2) is 8.07. The number of aromatic amines is 1. The van der Waals surface area contributed by atoms with Crippen molar-refractivity contribution < 1.29 is 20.1 Å². The van der Waals surface area contributed by atoms with Gasteiger partial charge in [-0.25, -0.2) is 4.98 Å². The molecule has 2 aliphatic rings. The lowest BCUT2D eigenvalue weighted by Gasteiger charge is -2.16. The third-order valence-electron chi connectivity index (χ3n) is 4.20. The molecular formula is C14H23N7O5. The summed E-state index contributed by atoms with van der Waals surface area (Å²) in [5.74, 6) is -0.101. The Balaban J connectivity index is 0.000000278. The average molecular weight is 369 g/mol. The fraction of sp³-hybridized carbons (Fsp3) is 0.643. The van der Waals surface area contributed by atoms with Gasteiger partial charge in [-0.05, 0) is 0 Å². The zero-order valence-corrected chi connectivity index (χ0v) is 14.0. The number of fused-ring (bicyclic) bond motifs is 1. The number of H-pyrrole nitrogens is 1. The van der Waals surface area contributed by atoms with Gasteiger partial charge in [0.25, 0.3) is 5.56 Å². The first kappa shape index (κ1) is 18.7. The molecule has 0 aliphatic carbocycles. The molecule has 0 saturated carbocycles. The van der Waals surface area contributed by atoms with Crippen LogP contribution in [0.5, 0.6) is 0 Å². The number of hydrogen-bond acceptors (Lipinski definition) is 10. The molecule has 0 unspecified atom stereocenters. The summed E-state index contributed by atoms with van der Waals surface area (Å²) in [6.07, 6.45) is -3.21. The summed E-state index contributed by atoms with van der Waals surface area (Å²) >= 11 is 0. The molecule has 12 nitrogen and oxygen atoms in total. The number of nitrogens with two attached hydrogens (primary N) is 1. The predicted octanol–water partition coefficient (Wildman–Crippen LogP) is -3.51. The van der Waals surface area contributed by atoms with E-state index in [1.54, 1.807) is 0 Å². The van der Waals surface area contributed by atoms with Crippen LogP contribution in [0.1, 0.15) is 6.23 Å². The number of aliphatic hydroxyl groups is 3. The van der Waals surface area contributed by atoms with Crippen molar-refractivity contribution in [3.05, 3.63) is 16.7 Å². The van der Waals surface area contributed by atoms with Crippen molar-refractivity contribution in [2.75, 3.05) is 38.5 Å². The molecule has 0 bridgehead atoms. The van der Waals surface area contributed by atoms with E-state index in [0.717, 1.165) is 26.2 Å². The zero-order chi connectivity index (χ0) is 18.7. The quantitative estimate of drug-likeness (QED) is 0.280. The fourth-order valence-electron chi connectivity index (χ4n) is 2.84. The Morgan fingerprint density at radius 1 is 1.23 bits per heavy atom. The maximum absolute atomic E-state index is 11.7. The number of piperazine rings is 1. The standard InChI is InChI=1S/C10H13N5O5.C4H10N2/c11-10-13-7-4(8(19)14-10)12-2-15(7)9-6(18)5(17)3(1-16)20-9;1-2-6-4-3-5-1/h2-3,5-6,9,16-18H,1H2,(H3,11,13,14,19);5-6H,1-4H2/t3-,5-,6-,9-;/m1./s1. The van der Waals surface area contributed by atoms with Crippen LogP contribution in [0.15, 0.2) is 11.1 Å². The Bertz CT molecular complexity index is 778. The van der Waals surface area contributed by atoms with Crippen molar-refractivity contribution in [2.45, 2.75) is 24.5 Å². The van der Waals surface area contributed by atoms with E-state index in [-0.39, 0.29) is 17.1 Å². The van der Waals surface area contributed by atoms with E-state index in [0.29, 0.717) is 0 Å². The third-order valence-corrected chi connectivity index (χ3v) is 4.20. The fourth-order valence-corrected chi connectivity index (χ4v) is 2.84. The van der Waals surface area contributed by atoms with Crippen LogP contribution in [0.3, 0.4) is 0 Å². The Hall–Kier alpha value is -2.09. The summed E-state index contributed by atoms with van der Waals surface area (Å²) in [6.45, 7) is 4.11. The summed E-state index contributed by atoms with van der Waals surface area (Å²) in [5, 5.41) is 35.2. The highest BCUT2D eigenvalue weighted by Gasteiger charge is 2.44. The zero-order valence-electron chi connectivity index (χ0n) is 14.0. The first-order valence-corrected chi connectivity index (χ1v) is 8.29. The molecule has 144 valence electrons. The molecule has 4 atom stereocenters. The molecule has 12 heteroatoms. The van der Waals surface area contributed by atoms with Gasteiger partial charge in [0.05, 0.1) is 12.9 Å². The minimum absolute atomic E-state index is 0.0388. The molecule has 0 spiro atoms. The monoisotopic (exact) mass is 369 g/mol. The van der Waals surface area contributed by atoms with E-state index < -0.39 is 36.7 Å². The molecule has 4 heterocycles. The van der Waals surface area contributed by atoms with Crippen LogP contribution in [0.2, 0.25) is 0 Å². The van der Waals surface area contributed by atoms with Crippen molar-refractivity contribution in [1.29, 1.82) is 0 Å². The predicted molar refractivity (Wildman–Crippen MR) is 91.3 cm³/mol. The van der Waals surface area contributed by atoms with Gasteiger partial charge in [0.15, 0.2) is 17.4 Å². The highest BCUT2D eigenvalue weighted by Crippen LogP contribution is 2.30. The van der Waals surface area contributed by atoms with Gasteiger partial charge in [0.1, 0.15) is 18.3 Å². The number of hydrogen-bond donors (Lipinski definition) is 7. The normalized spacial score (nSPS) is 28.7. The van der Waals surface area contributed by atoms with Crippen molar-refractivity contribution in [3.63, 3.8) is 0 Å². The Morgan fingerprint density at radius 2 is 1.88 bits per heavy atom. The molecule has 26 heavy (non-hydrogen) atoms. The number of nitrogen functional groups attached to an aromatic ring is 1. The first-order chi connectivity index (χ1) is 12.5. The SMILES string of the molecule is C1CNCCN1.Nc1nc2c(ncn2[C@@H]2O[C@H](CO)[C@@H](O)[C@H]2O)c(=O)[nH]1. The van der Waals surface area contributed by atoms with Gasteiger partial charge in [-0.1, -0.05) is 0 Å². The van der Waals surface area contributed by atoms with E-state index in [4.69, 9.17) is 15.6 Å². The molecule has 2 saturated heterocycles. The third kappa shape index (κ3) is 3.70. The van der Waals surface area contributed by atoms with Crippen molar-refractivity contribution >= 4 is 17.1 Å². The molecule has 2 aliphatic heterocycles. The van der Waals surface area contributed by atoms with E-state index >= 15 is 0 Å². The highest BCUT2D eigenvalue weighted by atomic mass is 16.6. The average Bonchev–Trinajstić information content (AvgIpc) is 3.19. The maximum atomic E-state index is 11.7. The van der Waals surface area contributed by atoms with Gasteiger partial charge in [-0.2, -0.15) is 4.98 Å². The van der Waals surface area contributed by atoms with Crippen molar-refractivity contribution in [3.8, 4) is 0 Å². The molecule has 2 fully saturated rings. The highest BCUT2D eigenvalue weighted by molar-refractivity contribution is 5.70. The van der Waals surface area contributed by atoms with Crippen molar-refractivity contribution in [1.82, 2.24) is 30.2 Å². The lowest BCUT2D eigenvalue weighted by Crippen LogP contribution is -2.39. The van der Waals surface area contributed by atoms with Crippen LogP contribution in [0.25, 0.3) is 11.2 Å². The minimum atomic E-state index is -1.29. The molecule has 0 amide bonds. The van der Waals surface area contributed by atoms with Gasteiger partial charge >= 0.3 is 0 Å². The van der Waals surface area contributed by atoms with Crippen LogP contribution in [0, 0.1) is 0 Å². The van der Waals surface area contributed by atoms with Gasteiger partial charge in [0, 0.05) is 26.2 Å². The largest absolute Gasteiger partial charge is 0.394 e. The number of anilines is 1. The molecule has 0 aromatic carbocycles. The molecule has 2 aromatic heterocycles.